The van der Waals surface area contributed by atoms with Crippen molar-refractivity contribution >= 4 is 0 Å². The van der Waals surface area contributed by atoms with Gasteiger partial charge in [0.15, 0.2) is 0 Å². The summed E-state index contributed by atoms with van der Waals surface area (Å²) in [6.45, 7) is 0.706. The largest absolute Gasteiger partial charge is 0.381 e. The Bertz CT molecular complexity index is 175. The van der Waals surface area contributed by atoms with Crippen molar-refractivity contribution in [3.63, 3.8) is 0 Å². The van der Waals surface area contributed by atoms with Crippen LogP contribution in [0.3, 0.4) is 0 Å². The lowest BCUT2D eigenvalue weighted by atomic mass is 10.2. The molecule has 0 atom stereocenters. The second-order valence-electron chi connectivity index (χ2n) is 2.23. The summed E-state index contributed by atoms with van der Waals surface area (Å²) in [7, 11) is 1.70. The van der Waals surface area contributed by atoms with Crippen LogP contribution in [0.1, 0.15) is 6.42 Å². The van der Waals surface area contributed by atoms with Gasteiger partial charge in [-0.25, -0.2) is 0 Å². The van der Waals surface area contributed by atoms with Crippen molar-refractivity contribution in [1.29, 1.82) is 0 Å². The van der Waals surface area contributed by atoms with Crippen molar-refractivity contribution in [2.75, 3.05) is 13.7 Å². The molecular formula is C9H12O. The first-order chi connectivity index (χ1) is 4.93. The monoisotopic (exact) mass is 136 g/mol. The van der Waals surface area contributed by atoms with E-state index in [1.807, 2.05) is 6.08 Å². The first kappa shape index (κ1) is 7.29. The quantitative estimate of drug-likeness (QED) is 0.577. The van der Waals surface area contributed by atoms with Crippen LogP contribution in [-0.4, -0.2) is 13.7 Å². The molecule has 0 amide bonds. The van der Waals surface area contributed by atoms with Gasteiger partial charge in [-0.1, -0.05) is 30.4 Å². The van der Waals surface area contributed by atoms with Gasteiger partial charge in [-0.05, 0) is 12.0 Å². The Hall–Kier alpha value is -0.820. The lowest BCUT2D eigenvalue weighted by Crippen LogP contribution is -1.80. The fourth-order valence-corrected chi connectivity index (χ4v) is 0.883. The van der Waals surface area contributed by atoms with Crippen molar-refractivity contribution in [2.24, 2.45) is 0 Å². The molecule has 0 spiro atoms. The summed E-state index contributed by atoms with van der Waals surface area (Å²) in [6.07, 6.45) is 11.5. The molecular weight excluding hydrogens is 124 g/mol. The second kappa shape index (κ2) is 4.07. The normalized spacial score (nSPS) is 16.7. The van der Waals surface area contributed by atoms with Gasteiger partial charge in [-0.3, -0.25) is 0 Å². The molecule has 0 aromatic rings. The topological polar surface area (TPSA) is 9.23 Å². The van der Waals surface area contributed by atoms with Crippen LogP contribution in [0.5, 0.6) is 0 Å². The van der Waals surface area contributed by atoms with E-state index in [0.717, 1.165) is 6.42 Å². The molecule has 0 fully saturated rings. The van der Waals surface area contributed by atoms with Crippen LogP contribution in [0.2, 0.25) is 0 Å². The van der Waals surface area contributed by atoms with E-state index in [4.69, 9.17) is 4.74 Å². The summed E-state index contributed by atoms with van der Waals surface area (Å²) in [4.78, 5) is 0. The first-order valence-electron chi connectivity index (χ1n) is 3.44. The molecule has 0 aromatic carbocycles. The predicted molar refractivity (Wildman–Crippen MR) is 42.9 cm³/mol. The zero-order valence-electron chi connectivity index (χ0n) is 6.21. The average molecular weight is 136 g/mol. The van der Waals surface area contributed by atoms with Crippen LogP contribution in [0.4, 0.5) is 0 Å². The summed E-state index contributed by atoms with van der Waals surface area (Å²) in [5, 5.41) is 0. The van der Waals surface area contributed by atoms with Crippen molar-refractivity contribution < 1.29 is 4.74 Å². The molecule has 0 saturated carbocycles. The third kappa shape index (κ3) is 2.19. The van der Waals surface area contributed by atoms with Crippen LogP contribution >= 0.6 is 0 Å². The number of hydrogen-bond donors (Lipinski definition) is 0. The number of allylic oxidation sites excluding steroid dienone is 5. The molecule has 0 radical (unpaired) electrons. The number of methoxy groups -OCH3 is 1. The van der Waals surface area contributed by atoms with E-state index in [1.54, 1.807) is 7.11 Å². The molecule has 0 N–H and O–H groups in total. The van der Waals surface area contributed by atoms with Crippen LogP contribution in [-0.2, 0) is 4.74 Å². The Morgan fingerprint density at radius 1 is 1.70 bits per heavy atom. The standard InChI is InChI=1S/C9H12O/c1-10-8-4-7-9-5-2-3-6-9/h2-5,7H,6,8H2,1H3/b7-4+. The zero-order chi connectivity index (χ0) is 7.23. The summed E-state index contributed by atoms with van der Waals surface area (Å²) < 4.78 is 4.87. The van der Waals surface area contributed by atoms with Gasteiger partial charge in [0.1, 0.15) is 0 Å². The Morgan fingerprint density at radius 2 is 2.60 bits per heavy atom. The van der Waals surface area contributed by atoms with E-state index in [2.05, 4.69) is 24.3 Å². The van der Waals surface area contributed by atoms with Crippen molar-refractivity contribution in [3.05, 3.63) is 36.0 Å². The predicted octanol–water partition coefficient (Wildman–Crippen LogP) is 2.08. The van der Waals surface area contributed by atoms with Gasteiger partial charge in [0.2, 0.25) is 0 Å². The SMILES string of the molecule is COC/C=C/C1=CC=CC1. The number of hydrogen-bond acceptors (Lipinski definition) is 1. The molecule has 0 saturated heterocycles. The van der Waals surface area contributed by atoms with Crippen molar-refractivity contribution in [2.45, 2.75) is 6.42 Å². The number of rotatable bonds is 3. The van der Waals surface area contributed by atoms with Crippen LogP contribution in [0.25, 0.3) is 0 Å². The van der Waals surface area contributed by atoms with Gasteiger partial charge in [-0.2, -0.15) is 0 Å². The molecule has 1 rings (SSSR count). The maximum absolute atomic E-state index is 4.87. The zero-order valence-corrected chi connectivity index (χ0v) is 6.21. The van der Waals surface area contributed by atoms with Gasteiger partial charge in [0.05, 0.1) is 6.61 Å². The molecule has 1 aliphatic carbocycles. The Morgan fingerprint density at radius 3 is 3.20 bits per heavy atom. The molecule has 54 valence electrons. The highest BCUT2D eigenvalue weighted by Gasteiger charge is 1.91. The van der Waals surface area contributed by atoms with E-state index in [0.29, 0.717) is 6.61 Å². The fourth-order valence-electron chi connectivity index (χ4n) is 0.883. The van der Waals surface area contributed by atoms with E-state index in [1.165, 1.54) is 5.57 Å². The minimum atomic E-state index is 0.706. The average Bonchev–Trinajstić information content (AvgIpc) is 2.41. The maximum Gasteiger partial charge on any atom is 0.0646 e. The lowest BCUT2D eigenvalue weighted by Gasteiger charge is -1.90. The minimum Gasteiger partial charge on any atom is -0.381 e. The fraction of sp³-hybridized carbons (Fsp3) is 0.333. The summed E-state index contributed by atoms with van der Waals surface area (Å²) in [6, 6.07) is 0. The number of ether oxygens (including phenoxy) is 1. The van der Waals surface area contributed by atoms with Crippen molar-refractivity contribution in [3.8, 4) is 0 Å². The van der Waals surface area contributed by atoms with Gasteiger partial charge in [0, 0.05) is 7.11 Å². The molecule has 10 heavy (non-hydrogen) atoms. The lowest BCUT2D eigenvalue weighted by molar-refractivity contribution is 0.234. The summed E-state index contributed by atoms with van der Waals surface area (Å²) >= 11 is 0. The highest BCUT2D eigenvalue weighted by molar-refractivity contribution is 5.31. The third-order valence-electron chi connectivity index (χ3n) is 1.39. The summed E-state index contributed by atoms with van der Waals surface area (Å²) in [5.41, 5.74) is 1.36. The third-order valence-corrected chi connectivity index (χ3v) is 1.39. The van der Waals surface area contributed by atoms with E-state index in [-0.39, 0.29) is 0 Å². The molecule has 0 unspecified atom stereocenters. The molecule has 0 heterocycles. The van der Waals surface area contributed by atoms with Crippen LogP contribution < -0.4 is 0 Å². The van der Waals surface area contributed by atoms with E-state index >= 15 is 0 Å². The van der Waals surface area contributed by atoms with Crippen LogP contribution in [0, 0.1) is 0 Å². The maximum atomic E-state index is 4.87. The molecule has 1 nitrogen and oxygen atoms in total. The van der Waals surface area contributed by atoms with Crippen LogP contribution in [0.15, 0.2) is 36.0 Å². The van der Waals surface area contributed by atoms with Gasteiger partial charge in [-0.15, -0.1) is 0 Å². The van der Waals surface area contributed by atoms with E-state index < -0.39 is 0 Å². The molecule has 0 bridgehead atoms. The molecule has 0 aromatic heterocycles. The second-order valence-corrected chi connectivity index (χ2v) is 2.23. The van der Waals surface area contributed by atoms with Gasteiger partial charge in [0.25, 0.3) is 0 Å². The summed E-state index contributed by atoms with van der Waals surface area (Å²) in [5.74, 6) is 0. The highest BCUT2D eigenvalue weighted by Crippen LogP contribution is 2.10. The minimum absolute atomic E-state index is 0.706. The molecule has 1 heteroatoms. The first-order valence-corrected chi connectivity index (χ1v) is 3.44. The Kier molecular flexibility index (Phi) is 2.97. The highest BCUT2D eigenvalue weighted by atomic mass is 16.5. The Labute approximate surface area is 61.7 Å². The van der Waals surface area contributed by atoms with Gasteiger partial charge < -0.3 is 4.74 Å². The molecule has 0 aliphatic heterocycles. The smallest absolute Gasteiger partial charge is 0.0646 e. The van der Waals surface area contributed by atoms with Crippen molar-refractivity contribution in [1.82, 2.24) is 0 Å². The Balaban J connectivity index is 2.25. The molecule has 1 aliphatic rings. The van der Waals surface area contributed by atoms with E-state index in [9.17, 15) is 0 Å². The van der Waals surface area contributed by atoms with Gasteiger partial charge >= 0.3 is 0 Å².